The molecule has 1 aliphatic rings. The molecule has 0 spiro atoms. The number of nitrogens with zero attached hydrogens (tertiary/aromatic N) is 2. The summed E-state index contributed by atoms with van der Waals surface area (Å²) in [5.41, 5.74) is -1.16. The van der Waals surface area contributed by atoms with Crippen molar-refractivity contribution in [1.29, 1.82) is 0 Å². The van der Waals surface area contributed by atoms with Crippen molar-refractivity contribution in [3.8, 4) is 5.69 Å². The van der Waals surface area contributed by atoms with Gasteiger partial charge in [0.15, 0.2) is 0 Å². The molecule has 2 aromatic carbocycles. The highest BCUT2D eigenvalue weighted by molar-refractivity contribution is 5.93. The van der Waals surface area contributed by atoms with Crippen LogP contribution in [0.25, 0.3) is 16.5 Å². The molecule has 36 heavy (non-hydrogen) atoms. The largest absolute Gasteiger partial charge is 0.480 e. The van der Waals surface area contributed by atoms with Crippen LogP contribution < -0.4 is 16.6 Å². The zero-order valence-corrected chi connectivity index (χ0v) is 20.0. The number of rotatable bonds is 6. The minimum absolute atomic E-state index is 0.0312. The number of aliphatic carboxylic acids is 1. The van der Waals surface area contributed by atoms with Crippen LogP contribution in [0.4, 0.5) is 8.78 Å². The zero-order valence-electron chi connectivity index (χ0n) is 20.0. The summed E-state index contributed by atoms with van der Waals surface area (Å²) in [5.74, 6) is -4.63. The highest BCUT2D eigenvalue weighted by Gasteiger charge is 2.45. The molecule has 190 valence electrons. The molecule has 10 heteroatoms. The van der Waals surface area contributed by atoms with Crippen molar-refractivity contribution >= 4 is 22.6 Å². The van der Waals surface area contributed by atoms with E-state index in [9.17, 15) is 33.1 Å². The fraction of sp³-hybridized carbons (Fsp3) is 0.385. The van der Waals surface area contributed by atoms with Gasteiger partial charge in [-0.05, 0) is 29.9 Å². The fourth-order valence-corrected chi connectivity index (χ4v) is 4.67. The van der Waals surface area contributed by atoms with Gasteiger partial charge in [-0.25, -0.2) is 22.9 Å². The van der Waals surface area contributed by atoms with Gasteiger partial charge < -0.3 is 15.0 Å². The van der Waals surface area contributed by atoms with E-state index >= 15 is 0 Å². The first-order valence-electron chi connectivity index (χ1n) is 11.6. The third-order valence-electron chi connectivity index (χ3n) is 7.05. The second kappa shape index (κ2) is 9.33. The third-order valence-corrected chi connectivity index (χ3v) is 7.05. The van der Waals surface area contributed by atoms with E-state index in [2.05, 4.69) is 5.32 Å². The molecular formula is C26H27F2N3O5. The van der Waals surface area contributed by atoms with Crippen LogP contribution in [0, 0.1) is 5.41 Å². The summed E-state index contributed by atoms with van der Waals surface area (Å²) in [6.07, 6.45) is 0.410. The van der Waals surface area contributed by atoms with Gasteiger partial charge in [-0.3, -0.25) is 9.59 Å². The van der Waals surface area contributed by atoms with Gasteiger partial charge in [-0.2, -0.15) is 0 Å². The molecule has 0 radical (unpaired) electrons. The van der Waals surface area contributed by atoms with Crippen LogP contribution in [0.3, 0.4) is 0 Å². The molecule has 0 unspecified atom stereocenters. The Kier molecular flexibility index (Phi) is 6.55. The number of hydrogen-bond acceptors (Lipinski definition) is 4. The molecule has 1 aliphatic carbocycles. The third kappa shape index (κ3) is 4.80. The van der Waals surface area contributed by atoms with Crippen LogP contribution in [-0.4, -0.2) is 38.1 Å². The van der Waals surface area contributed by atoms with Gasteiger partial charge in [-0.1, -0.05) is 37.3 Å². The van der Waals surface area contributed by atoms with E-state index in [0.717, 1.165) is 4.57 Å². The van der Waals surface area contributed by atoms with E-state index < -0.39 is 53.3 Å². The van der Waals surface area contributed by atoms with E-state index in [1.165, 1.54) is 23.9 Å². The molecule has 1 fully saturated rings. The maximum Gasteiger partial charge on any atom is 0.335 e. The minimum Gasteiger partial charge on any atom is -0.480 e. The number of carbonyl (C=O) groups excluding carboxylic acids is 1. The minimum atomic E-state index is -2.81. The Labute approximate surface area is 205 Å². The van der Waals surface area contributed by atoms with Gasteiger partial charge in [0.2, 0.25) is 11.8 Å². The second-order valence-electron chi connectivity index (χ2n) is 9.66. The summed E-state index contributed by atoms with van der Waals surface area (Å²) in [7, 11) is 1.53. The Morgan fingerprint density at radius 3 is 2.33 bits per heavy atom. The Morgan fingerprint density at radius 1 is 1.03 bits per heavy atom. The number of carbonyl (C=O) groups is 2. The predicted molar refractivity (Wildman–Crippen MR) is 130 cm³/mol. The molecule has 0 bridgehead atoms. The molecule has 0 saturated heterocycles. The predicted octanol–water partition coefficient (Wildman–Crippen LogP) is 3.02. The smallest absolute Gasteiger partial charge is 0.335 e. The maximum absolute atomic E-state index is 13.6. The van der Waals surface area contributed by atoms with Crippen LogP contribution in [0.1, 0.15) is 38.2 Å². The van der Waals surface area contributed by atoms with Gasteiger partial charge in [-0.15, -0.1) is 0 Å². The average Bonchev–Trinajstić information content (AvgIpc) is 2.83. The molecule has 1 amide bonds. The molecule has 1 saturated carbocycles. The topological polar surface area (TPSA) is 110 Å². The van der Waals surface area contributed by atoms with Gasteiger partial charge >= 0.3 is 11.7 Å². The van der Waals surface area contributed by atoms with Gasteiger partial charge in [0.05, 0.1) is 5.69 Å². The van der Waals surface area contributed by atoms with Gasteiger partial charge in [0.25, 0.3) is 5.56 Å². The second-order valence-corrected chi connectivity index (χ2v) is 9.66. The average molecular weight is 500 g/mol. The number of carboxylic acids is 1. The summed E-state index contributed by atoms with van der Waals surface area (Å²) in [4.78, 5) is 50.2. The Balaban J connectivity index is 1.67. The highest BCUT2D eigenvalue weighted by atomic mass is 19.3. The lowest BCUT2D eigenvalue weighted by Crippen LogP contribution is -2.50. The molecule has 1 aromatic heterocycles. The molecule has 3 aromatic rings. The Hall–Kier alpha value is -3.82. The quantitative estimate of drug-likeness (QED) is 0.542. The summed E-state index contributed by atoms with van der Waals surface area (Å²) in [5, 5.41) is 13.6. The molecule has 0 aliphatic heterocycles. The molecule has 1 heterocycles. The van der Waals surface area contributed by atoms with Crippen LogP contribution in [0.2, 0.25) is 0 Å². The Morgan fingerprint density at radius 2 is 1.67 bits per heavy atom. The number of aryl methyl sites for hydroxylation is 1. The molecule has 4 rings (SSSR count). The van der Waals surface area contributed by atoms with Crippen LogP contribution >= 0.6 is 0 Å². The van der Waals surface area contributed by atoms with Crippen molar-refractivity contribution in [2.24, 2.45) is 12.5 Å². The number of amides is 1. The highest BCUT2D eigenvalue weighted by Crippen LogP contribution is 2.43. The van der Waals surface area contributed by atoms with E-state index in [1.807, 2.05) is 0 Å². The summed E-state index contributed by atoms with van der Waals surface area (Å²) >= 11 is 0. The number of nitrogens with one attached hydrogen (secondary N) is 1. The van der Waals surface area contributed by atoms with E-state index in [4.69, 9.17) is 0 Å². The summed E-state index contributed by atoms with van der Waals surface area (Å²) in [6.45, 7) is 1.58. The van der Waals surface area contributed by atoms with Gasteiger partial charge in [0.1, 0.15) is 6.04 Å². The van der Waals surface area contributed by atoms with E-state index in [-0.39, 0.29) is 19.3 Å². The van der Waals surface area contributed by atoms with Crippen LogP contribution in [0.15, 0.2) is 58.3 Å². The first-order chi connectivity index (χ1) is 16.9. The van der Waals surface area contributed by atoms with Crippen molar-refractivity contribution in [1.82, 2.24) is 14.5 Å². The monoisotopic (exact) mass is 499 g/mol. The molecule has 2 N–H and O–H groups in total. The maximum atomic E-state index is 13.6. The lowest BCUT2D eigenvalue weighted by molar-refractivity contribution is -0.146. The van der Waals surface area contributed by atoms with E-state index in [0.29, 0.717) is 22.0 Å². The van der Waals surface area contributed by atoms with Crippen LogP contribution in [0.5, 0.6) is 0 Å². The zero-order chi connectivity index (χ0) is 26.3. The first kappa shape index (κ1) is 25.3. The van der Waals surface area contributed by atoms with Crippen molar-refractivity contribution < 1.29 is 23.5 Å². The number of carboxylic acid groups (broad SMARTS) is 1. The SMILES string of the molecule is Cn1ccc(=O)n(-c2cccc3c(C[C@H](NC(=O)C4(C)CCC(F)(F)CC4)C(=O)O)cccc23)c1=O. The number of aromatic nitrogens is 2. The van der Waals surface area contributed by atoms with Crippen molar-refractivity contribution in [3.63, 3.8) is 0 Å². The Bertz CT molecular complexity index is 1450. The molecule has 8 nitrogen and oxygen atoms in total. The molecule has 1 atom stereocenters. The number of benzene rings is 2. The van der Waals surface area contributed by atoms with Crippen molar-refractivity contribution in [3.05, 3.63) is 75.1 Å². The van der Waals surface area contributed by atoms with Crippen LogP contribution in [-0.2, 0) is 23.1 Å². The number of halogens is 2. The van der Waals surface area contributed by atoms with Crippen molar-refractivity contribution in [2.45, 2.75) is 51.0 Å². The van der Waals surface area contributed by atoms with Crippen molar-refractivity contribution in [2.75, 3.05) is 0 Å². The lowest BCUT2D eigenvalue weighted by Gasteiger charge is -2.36. The summed E-state index contributed by atoms with van der Waals surface area (Å²) < 4.78 is 29.5. The standard InChI is InChI=1S/C26H27F2N3O5/c1-25(10-12-26(27,28)13-11-25)23(35)29-19(22(33)34)15-16-5-3-7-18-17(16)6-4-8-20(18)31-21(32)9-14-30(2)24(31)36/h3-9,14,19H,10-13,15H2,1-2H3,(H,29,35)(H,33,34)/t19-/m0/s1. The number of fused-ring (bicyclic) bond motifs is 1. The number of alkyl halides is 2. The lowest BCUT2D eigenvalue weighted by atomic mass is 9.73. The first-order valence-corrected chi connectivity index (χ1v) is 11.6. The van der Waals surface area contributed by atoms with Gasteiger partial charge in [0, 0.05) is 49.4 Å². The number of hydrogen-bond donors (Lipinski definition) is 2. The molecular weight excluding hydrogens is 472 g/mol. The summed E-state index contributed by atoms with van der Waals surface area (Å²) in [6, 6.07) is 10.2. The fourth-order valence-electron chi connectivity index (χ4n) is 4.67. The van der Waals surface area contributed by atoms with E-state index in [1.54, 1.807) is 43.3 Å². The normalized spacial score (nSPS) is 17.4.